The number of ether oxygens (including phenoxy) is 1. The number of nitrogens with one attached hydrogen (secondary N) is 2. The molecule has 1 aliphatic rings. The number of hydrogen-bond donors (Lipinski definition) is 2. The number of benzene rings is 1. The molecule has 21 heavy (non-hydrogen) atoms. The highest BCUT2D eigenvalue weighted by Gasteiger charge is 2.16. The van der Waals surface area contributed by atoms with Gasteiger partial charge in [-0.15, -0.1) is 12.4 Å². The Hall–Kier alpha value is -1.26. The summed E-state index contributed by atoms with van der Waals surface area (Å²) in [5, 5.41) is 5.93. The Morgan fingerprint density at radius 3 is 2.52 bits per heavy atom. The lowest BCUT2D eigenvalue weighted by molar-refractivity contribution is -0.116. The van der Waals surface area contributed by atoms with Crippen molar-refractivity contribution in [3.63, 3.8) is 0 Å². The molecule has 0 bridgehead atoms. The summed E-state index contributed by atoms with van der Waals surface area (Å²) in [6.07, 6.45) is 6.62. The topological polar surface area (TPSA) is 50.4 Å². The summed E-state index contributed by atoms with van der Waals surface area (Å²) in [4.78, 5) is 11.7. The molecule has 0 aromatic heterocycles. The fourth-order valence-electron chi connectivity index (χ4n) is 2.46. The first-order valence-corrected chi connectivity index (χ1v) is 7.49. The Kier molecular flexibility index (Phi) is 8.16. The second-order valence-electron chi connectivity index (χ2n) is 5.30. The highest BCUT2D eigenvalue weighted by Crippen LogP contribution is 2.25. The van der Waals surface area contributed by atoms with Crippen LogP contribution in [0.4, 0.5) is 5.69 Å². The maximum atomic E-state index is 11.7. The second-order valence-corrected chi connectivity index (χ2v) is 5.30. The summed E-state index contributed by atoms with van der Waals surface area (Å²) in [7, 11) is 1.89. The zero-order valence-corrected chi connectivity index (χ0v) is 13.4. The molecule has 118 valence electrons. The maximum Gasteiger partial charge on any atom is 0.224 e. The molecule has 5 heteroatoms. The molecule has 1 aliphatic carbocycles. The van der Waals surface area contributed by atoms with E-state index in [1.165, 1.54) is 12.8 Å². The fraction of sp³-hybridized carbons (Fsp3) is 0.562. The lowest BCUT2D eigenvalue weighted by atomic mass is 10.2. The van der Waals surface area contributed by atoms with Gasteiger partial charge in [-0.3, -0.25) is 4.79 Å². The third-order valence-corrected chi connectivity index (χ3v) is 3.57. The number of rotatable bonds is 7. The van der Waals surface area contributed by atoms with Crippen molar-refractivity contribution in [1.29, 1.82) is 0 Å². The van der Waals surface area contributed by atoms with Crippen LogP contribution in [-0.2, 0) is 4.79 Å². The smallest absolute Gasteiger partial charge is 0.224 e. The Balaban J connectivity index is 0.00000220. The van der Waals surface area contributed by atoms with Gasteiger partial charge in [-0.1, -0.05) is 0 Å². The van der Waals surface area contributed by atoms with Gasteiger partial charge in [-0.05, 0) is 70.0 Å². The average Bonchev–Trinajstić information content (AvgIpc) is 2.94. The monoisotopic (exact) mass is 312 g/mol. The highest BCUT2D eigenvalue weighted by molar-refractivity contribution is 5.90. The molecule has 1 aromatic carbocycles. The molecule has 2 N–H and O–H groups in total. The molecule has 2 rings (SSSR count). The normalized spacial score (nSPS) is 14.5. The molecule has 4 nitrogen and oxygen atoms in total. The first kappa shape index (κ1) is 17.8. The summed E-state index contributed by atoms with van der Waals surface area (Å²) in [5.41, 5.74) is 0.832. The minimum atomic E-state index is 0. The Bertz CT molecular complexity index is 417. The lowest BCUT2D eigenvalue weighted by Gasteiger charge is -2.13. The third-order valence-electron chi connectivity index (χ3n) is 3.57. The van der Waals surface area contributed by atoms with E-state index in [0.29, 0.717) is 12.5 Å². The zero-order valence-electron chi connectivity index (χ0n) is 12.6. The van der Waals surface area contributed by atoms with Crippen LogP contribution in [0.1, 0.15) is 38.5 Å². The first-order chi connectivity index (χ1) is 9.78. The Morgan fingerprint density at radius 2 is 1.90 bits per heavy atom. The first-order valence-electron chi connectivity index (χ1n) is 7.49. The predicted octanol–water partition coefficient (Wildman–Crippen LogP) is 3.37. The summed E-state index contributed by atoms with van der Waals surface area (Å²) in [6, 6.07) is 7.67. The molecule has 0 atom stereocenters. The summed E-state index contributed by atoms with van der Waals surface area (Å²) >= 11 is 0. The summed E-state index contributed by atoms with van der Waals surface area (Å²) in [5.74, 6) is 0.954. The van der Waals surface area contributed by atoms with Crippen LogP contribution in [0.2, 0.25) is 0 Å². The third kappa shape index (κ3) is 6.36. The quantitative estimate of drug-likeness (QED) is 0.759. The maximum absolute atomic E-state index is 11.7. The lowest BCUT2D eigenvalue weighted by Crippen LogP contribution is -2.15. The number of anilines is 1. The Morgan fingerprint density at radius 1 is 1.24 bits per heavy atom. The van der Waals surface area contributed by atoms with Gasteiger partial charge in [0, 0.05) is 12.1 Å². The molecule has 1 aromatic rings. The standard InChI is InChI=1S/C16H24N2O2.ClH/c1-17-12-4-7-16(19)18-13-8-10-15(11-9-13)20-14-5-2-3-6-14;/h8-11,14,17H,2-7,12H2,1H3,(H,18,19);1H. The van der Waals surface area contributed by atoms with E-state index in [1.807, 2.05) is 31.3 Å². The van der Waals surface area contributed by atoms with E-state index in [1.54, 1.807) is 0 Å². The van der Waals surface area contributed by atoms with Crippen LogP contribution in [0.5, 0.6) is 5.75 Å². The Labute approximate surface area is 133 Å². The van der Waals surface area contributed by atoms with Crippen LogP contribution in [0, 0.1) is 0 Å². The second kappa shape index (κ2) is 9.64. The van der Waals surface area contributed by atoms with Crippen LogP contribution in [0.25, 0.3) is 0 Å². The van der Waals surface area contributed by atoms with Gasteiger partial charge in [0.15, 0.2) is 0 Å². The molecule has 0 radical (unpaired) electrons. The molecule has 0 spiro atoms. The van der Waals surface area contributed by atoms with Gasteiger partial charge in [0.1, 0.15) is 5.75 Å². The van der Waals surface area contributed by atoms with Crippen molar-refractivity contribution in [1.82, 2.24) is 5.32 Å². The molecule has 1 fully saturated rings. The average molecular weight is 313 g/mol. The predicted molar refractivity (Wildman–Crippen MR) is 88.4 cm³/mol. The van der Waals surface area contributed by atoms with E-state index >= 15 is 0 Å². The van der Waals surface area contributed by atoms with Gasteiger partial charge in [0.25, 0.3) is 0 Å². The SMILES string of the molecule is CNCCCC(=O)Nc1ccc(OC2CCCC2)cc1.Cl. The van der Waals surface area contributed by atoms with E-state index in [0.717, 1.165) is 37.2 Å². The van der Waals surface area contributed by atoms with Gasteiger partial charge < -0.3 is 15.4 Å². The van der Waals surface area contributed by atoms with E-state index in [-0.39, 0.29) is 18.3 Å². The number of carbonyl (C=O) groups is 1. The number of carbonyl (C=O) groups excluding carboxylic acids is 1. The molecular formula is C16H25ClN2O2. The van der Waals surface area contributed by atoms with Crippen molar-refractivity contribution in [3.8, 4) is 5.75 Å². The van der Waals surface area contributed by atoms with Crippen LogP contribution in [0.15, 0.2) is 24.3 Å². The highest BCUT2D eigenvalue weighted by atomic mass is 35.5. The zero-order chi connectivity index (χ0) is 14.2. The molecular weight excluding hydrogens is 288 g/mol. The minimum Gasteiger partial charge on any atom is -0.490 e. The molecule has 0 unspecified atom stereocenters. The van der Waals surface area contributed by atoms with E-state index in [2.05, 4.69) is 10.6 Å². The van der Waals surface area contributed by atoms with Crippen molar-refractivity contribution >= 4 is 24.0 Å². The molecule has 0 heterocycles. The van der Waals surface area contributed by atoms with Crippen LogP contribution in [0.3, 0.4) is 0 Å². The molecule has 0 aliphatic heterocycles. The van der Waals surface area contributed by atoms with Crippen molar-refractivity contribution in [2.24, 2.45) is 0 Å². The van der Waals surface area contributed by atoms with E-state index in [4.69, 9.17) is 4.74 Å². The van der Waals surface area contributed by atoms with Crippen LogP contribution < -0.4 is 15.4 Å². The van der Waals surface area contributed by atoms with Gasteiger partial charge in [0.05, 0.1) is 6.10 Å². The van der Waals surface area contributed by atoms with Crippen molar-refractivity contribution in [2.75, 3.05) is 18.9 Å². The molecule has 1 saturated carbocycles. The largest absolute Gasteiger partial charge is 0.490 e. The van der Waals surface area contributed by atoms with Crippen molar-refractivity contribution in [2.45, 2.75) is 44.6 Å². The van der Waals surface area contributed by atoms with E-state index in [9.17, 15) is 4.79 Å². The van der Waals surface area contributed by atoms with Crippen molar-refractivity contribution in [3.05, 3.63) is 24.3 Å². The molecule has 1 amide bonds. The minimum absolute atomic E-state index is 0. The summed E-state index contributed by atoms with van der Waals surface area (Å²) < 4.78 is 5.89. The van der Waals surface area contributed by atoms with Gasteiger partial charge >= 0.3 is 0 Å². The van der Waals surface area contributed by atoms with E-state index < -0.39 is 0 Å². The van der Waals surface area contributed by atoms with Gasteiger partial charge in [-0.2, -0.15) is 0 Å². The van der Waals surface area contributed by atoms with Gasteiger partial charge in [-0.25, -0.2) is 0 Å². The molecule has 0 saturated heterocycles. The van der Waals surface area contributed by atoms with Crippen LogP contribution >= 0.6 is 12.4 Å². The number of hydrogen-bond acceptors (Lipinski definition) is 3. The van der Waals surface area contributed by atoms with Crippen LogP contribution in [-0.4, -0.2) is 25.6 Å². The number of halogens is 1. The summed E-state index contributed by atoms with van der Waals surface area (Å²) in [6.45, 7) is 0.863. The number of amides is 1. The fourth-order valence-corrected chi connectivity index (χ4v) is 2.46. The van der Waals surface area contributed by atoms with Gasteiger partial charge in [0.2, 0.25) is 5.91 Å². The van der Waals surface area contributed by atoms with Crippen molar-refractivity contribution < 1.29 is 9.53 Å².